The van der Waals surface area contributed by atoms with Gasteiger partial charge in [0.25, 0.3) is 0 Å². The van der Waals surface area contributed by atoms with E-state index in [1.165, 1.54) is 4.90 Å². The number of methoxy groups -OCH3 is 1. The fraction of sp³-hybridized carbons (Fsp3) is 0.654. The molecular formula is C26H37ClN4O4. The number of ether oxygens (including phenoxy) is 2. The first-order chi connectivity index (χ1) is 16.3. The molecule has 2 aliphatic heterocycles. The molecule has 0 radical (unpaired) electrons. The van der Waals surface area contributed by atoms with Crippen molar-refractivity contribution in [3.63, 3.8) is 0 Å². The van der Waals surface area contributed by atoms with Gasteiger partial charge in [0, 0.05) is 54.6 Å². The molecule has 8 nitrogen and oxygen atoms in total. The Balaban J connectivity index is 1.50. The van der Waals surface area contributed by atoms with Crippen LogP contribution in [0.1, 0.15) is 70.5 Å². The highest BCUT2D eigenvalue weighted by Gasteiger charge is 2.53. The van der Waals surface area contributed by atoms with Crippen molar-refractivity contribution in [3.05, 3.63) is 28.3 Å². The Hall–Kier alpha value is -2.32. The second kappa shape index (κ2) is 9.28. The summed E-state index contributed by atoms with van der Waals surface area (Å²) < 4.78 is 11.5. The normalized spacial score (nSPS) is 27.4. The second-order valence-electron chi connectivity index (χ2n) is 11.4. The second-order valence-corrected chi connectivity index (χ2v) is 11.8. The summed E-state index contributed by atoms with van der Waals surface area (Å²) in [4.78, 5) is 27.9. The molecule has 3 N–H and O–H groups in total. The van der Waals surface area contributed by atoms with E-state index in [4.69, 9.17) is 26.5 Å². The number of hydrogen-bond acceptors (Lipinski definition) is 5. The molecule has 0 aromatic heterocycles. The quantitative estimate of drug-likeness (QED) is 0.521. The fourth-order valence-electron chi connectivity index (χ4n) is 5.46. The minimum atomic E-state index is -0.459. The zero-order valence-corrected chi connectivity index (χ0v) is 22.2. The fourth-order valence-corrected chi connectivity index (χ4v) is 5.63. The van der Waals surface area contributed by atoms with E-state index < -0.39 is 11.1 Å². The summed E-state index contributed by atoms with van der Waals surface area (Å²) in [5.74, 6) is 0.487. The van der Waals surface area contributed by atoms with Crippen LogP contribution in [0.3, 0.4) is 0 Å². The number of rotatable bonds is 7. The van der Waals surface area contributed by atoms with Gasteiger partial charge < -0.3 is 20.1 Å². The number of guanidine groups is 1. The van der Waals surface area contributed by atoms with Gasteiger partial charge in [-0.2, -0.15) is 0 Å². The van der Waals surface area contributed by atoms with E-state index >= 15 is 0 Å². The van der Waals surface area contributed by atoms with Gasteiger partial charge in [-0.25, -0.2) is 0 Å². The average Bonchev–Trinajstić information content (AvgIpc) is 3.51. The third-order valence-corrected chi connectivity index (χ3v) is 7.65. The van der Waals surface area contributed by atoms with Crippen LogP contribution in [0.4, 0.5) is 0 Å². The van der Waals surface area contributed by atoms with Crippen molar-refractivity contribution in [3.8, 4) is 5.75 Å². The van der Waals surface area contributed by atoms with E-state index in [0.29, 0.717) is 37.3 Å². The van der Waals surface area contributed by atoms with Crippen molar-refractivity contribution in [1.82, 2.24) is 15.5 Å². The molecule has 2 fully saturated rings. The molecule has 1 saturated carbocycles. The van der Waals surface area contributed by atoms with Gasteiger partial charge in [0.05, 0.1) is 6.04 Å². The van der Waals surface area contributed by atoms with Crippen molar-refractivity contribution in [1.29, 1.82) is 5.41 Å². The maximum Gasteiger partial charge on any atom is 0.231 e. The van der Waals surface area contributed by atoms with E-state index in [0.717, 1.165) is 16.9 Å². The Morgan fingerprint density at radius 3 is 2.74 bits per heavy atom. The topological polar surface area (TPSA) is 104 Å². The maximum absolute atomic E-state index is 13.4. The van der Waals surface area contributed by atoms with Gasteiger partial charge in [-0.15, -0.1) is 0 Å². The molecule has 2 amide bonds. The number of carbonyl (C=O) groups excluding carboxylic acids is 2. The van der Waals surface area contributed by atoms with Crippen LogP contribution in [0.25, 0.3) is 0 Å². The molecule has 1 unspecified atom stereocenters. The number of amides is 2. The Morgan fingerprint density at radius 2 is 2.09 bits per heavy atom. The van der Waals surface area contributed by atoms with Crippen molar-refractivity contribution < 1.29 is 19.1 Å². The molecule has 9 heteroatoms. The van der Waals surface area contributed by atoms with Gasteiger partial charge in [0.1, 0.15) is 11.4 Å². The number of halogens is 1. The van der Waals surface area contributed by atoms with Crippen molar-refractivity contribution in [2.75, 3.05) is 13.7 Å². The van der Waals surface area contributed by atoms with Crippen LogP contribution in [-0.2, 0) is 14.3 Å². The van der Waals surface area contributed by atoms with Gasteiger partial charge in [-0.3, -0.25) is 19.9 Å². The van der Waals surface area contributed by atoms with E-state index in [2.05, 4.69) is 10.6 Å². The summed E-state index contributed by atoms with van der Waals surface area (Å²) in [5, 5.41) is 15.5. The largest absolute Gasteiger partial charge is 0.487 e. The highest BCUT2D eigenvalue weighted by molar-refractivity contribution is 6.31. The lowest BCUT2D eigenvalue weighted by Crippen LogP contribution is -2.63. The molecule has 192 valence electrons. The minimum Gasteiger partial charge on any atom is -0.487 e. The number of fused-ring (bicyclic) bond motifs is 1. The lowest BCUT2D eigenvalue weighted by molar-refractivity contribution is -0.133. The zero-order chi connectivity index (χ0) is 25.7. The zero-order valence-electron chi connectivity index (χ0n) is 21.5. The summed E-state index contributed by atoms with van der Waals surface area (Å²) >= 11 is 6.40. The Bertz CT molecular complexity index is 1020. The van der Waals surface area contributed by atoms with Crippen LogP contribution in [0.15, 0.2) is 12.1 Å². The number of nitrogens with zero attached hydrogens (tertiary/aromatic N) is 1. The Labute approximate surface area is 212 Å². The number of carbonyl (C=O) groups is 2. The predicted molar refractivity (Wildman–Crippen MR) is 135 cm³/mol. The molecule has 4 atom stereocenters. The van der Waals surface area contributed by atoms with Crippen LogP contribution < -0.4 is 15.4 Å². The van der Waals surface area contributed by atoms with E-state index in [-0.39, 0.29) is 41.7 Å². The number of hydrogen-bond donors (Lipinski definition) is 3. The summed E-state index contributed by atoms with van der Waals surface area (Å²) in [5.41, 5.74) is 0.936. The molecule has 1 aliphatic carbocycles. The molecule has 1 aromatic rings. The highest BCUT2D eigenvalue weighted by Crippen LogP contribution is 2.47. The Kier molecular flexibility index (Phi) is 6.83. The SMILES string of the molecule is COCC[C@H](C1C[C@H]1C(=O)N[C@@H]1CC(C)(C)Oc2cc(C)c(Cl)cc21)N1C(=N)NC(C)(C)CC1=O. The summed E-state index contributed by atoms with van der Waals surface area (Å²) in [6.45, 7) is 10.2. The van der Waals surface area contributed by atoms with Crippen LogP contribution in [0.2, 0.25) is 5.02 Å². The summed E-state index contributed by atoms with van der Waals surface area (Å²) in [7, 11) is 1.62. The molecule has 1 saturated heterocycles. The average molecular weight is 505 g/mol. The summed E-state index contributed by atoms with van der Waals surface area (Å²) in [6.07, 6.45) is 2.18. The summed E-state index contributed by atoms with van der Waals surface area (Å²) in [6, 6.07) is 3.35. The first-order valence-corrected chi connectivity index (χ1v) is 12.7. The van der Waals surface area contributed by atoms with Gasteiger partial charge >= 0.3 is 0 Å². The molecular weight excluding hydrogens is 468 g/mol. The van der Waals surface area contributed by atoms with E-state index in [1.807, 2.05) is 46.8 Å². The smallest absolute Gasteiger partial charge is 0.231 e. The lowest BCUT2D eigenvalue weighted by Gasteiger charge is -2.42. The monoisotopic (exact) mass is 504 g/mol. The third kappa shape index (κ3) is 5.43. The molecule has 1 aromatic carbocycles. The van der Waals surface area contributed by atoms with E-state index in [1.54, 1.807) is 7.11 Å². The maximum atomic E-state index is 13.4. The van der Waals surface area contributed by atoms with Gasteiger partial charge in [0.15, 0.2) is 5.96 Å². The number of aryl methyl sites for hydroxylation is 1. The van der Waals surface area contributed by atoms with Gasteiger partial charge in [-0.1, -0.05) is 11.6 Å². The van der Waals surface area contributed by atoms with Crippen molar-refractivity contribution in [2.45, 2.75) is 83.5 Å². The van der Waals surface area contributed by atoms with Crippen LogP contribution >= 0.6 is 11.6 Å². The molecule has 3 aliphatic rings. The lowest BCUT2D eigenvalue weighted by atomic mass is 9.89. The van der Waals surface area contributed by atoms with Crippen LogP contribution in [-0.4, -0.2) is 53.6 Å². The van der Waals surface area contributed by atoms with Crippen molar-refractivity contribution >= 4 is 29.4 Å². The highest BCUT2D eigenvalue weighted by atomic mass is 35.5. The van der Waals surface area contributed by atoms with Gasteiger partial charge in [-0.05, 0) is 71.1 Å². The standard InChI is InChI=1S/C26H37ClN4O4/c1-14-9-21-17(11-18(14)27)19(12-26(4,5)35-21)29-23(33)16-10-15(16)20(7-8-34-6)31-22(32)13-25(2,3)30-24(31)28/h9,11,15-16,19-20H,7-8,10,12-13H2,1-6H3,(H2,28,30)(H,29,33)/t15?,16-,19-,20-/m1/s1. The van der Waals surface area contributed by atoms with Crippen LogP contribution in [0, 0.1) is 24.2 Å². The molecule has 2 heterocycles. The number of benzene rings is 1. The minimum absolute atomic E-state index is 0.0219. The molecule has 35 heavy (non-hydrogen) atoms. The Morgan fingerprint density at radius 1 is 1.37 bits per heavy atom. The third-order valence-electron chi connectivity index (χ3n) is 7.24. The predicted octanol–water partition coefficient (Wildman–Crippen LogP) is 3.94. The first-order valence-electron chi connectivity index (χ1n) is 12.3. The van der Waals surface area contributed by atoms with Crippen molar-refractivity contribution in [2.24, 2.45) is 11.8 Å². The molecule has 4 rings (SSSR count). The first kappa shape index (κ1) is 25.8. The van der Waals surface area contributed by atoms with Gasteiger partial charge in [0.2, 0.25) is 11.8 Å². The van der Waals surface area contributed by atoms with E-state index in [9.17, 15) is 9.59 Å². The van der Waals surface area contributed by atoms with Crippen LogP contribution in [0.5, 0.6) is 5.75 Å². The molecule has 0 spiro atoms. The molecule has 0 bridgehead atoms. The number of nitrogens with one attached hydrogen (secondary N) is 3.